The third kappa shape index (κ3) is 3.18. The molecule has 1 amide bonds. The van der Waals surface area contributed by atoms with Crippen LogP contribution in [0.4, 0.5) is 5.82 Å². The standard InChI is InChI=1S/C19H27N5OS/c1-13-4-6-24(7-5-13)19(25)16-14(2)15-17(20-12-21-18(15)26-16)23-10-8-22(3)9-11-23/h12-13H,4-11H2,1-3H3. The summed E-state index contributed by atoms with van der Waals surface area (Å²) in [5, 5.41) is 1.07. The smallest absolute Gasteiger partial charge is 0.264 e. The minimum Gasteiger partial charge on any atom is -0.353 e. The van der Waals surface area contributed by atoms with Crippen LogP contribution in [0.1, 0.15) is 35.0 Å². The van der Waals surface area contributed by atoms with Gasteiger partial charge >= 0.3 is 0 Å². The molecular formula is C19H27N5OS. The zero-order valence-corrected chi connectivity index (χ0v) is 16.7. The van der Waals surface area contributed by atoms with Crippen LogP contribution in [0, 0.1) is 12.8 Å². The van der Waals surface area contributed by atoms with E-state index in [0.29, 0.717) is 0 Å². The van der Waals surface area contributed by atoms with Gasteiger partial charge in [0, 0.05) is 39.3 Å². The van der Waals surface area contributed by atoms with Crippen molar-refractivity contribution in [2.75, 3.05) is 51.2 Å². The number of amides is 1. The predicted octanol–water partition coefficient (Wildman–Crippen LogP) is 2.62. The monoisotopic (exact) mass is 373 g/mol. The first-order valence-electron chi connectivity index (χ1n) is 9.51. The Labute approximate surface area is 158 Å². The van der Waals surface area contributed by atoms with Gasteiger partial charge in [-0.25, -0.2) is 9.97 Å². The summed E-state index contributed by atoms with van der Waals surface area (Å²) < 4.78 is 0. The van der Waals surface area contributed by atoms with Crippen molar-refractivity contribution in [2.24, 2.45) is 5.92 Å². The van der Waals surface area contributed by atoms with Crippen molar-refractivity contribution in [1.82, 2.24) is 19.8 Å². The fourth-order valence-corrected chi connectivity index (χ4v) is 4.98. The number of anilines is 1. The summed E-state index contributed by atoms with van der Waals surface area (Å²) >= 11 is 1.53. The molecule has 2 saturated heterocycles. The van der Waals surface area contributed by atoms with Gasteiger partial charge in [-0.3, -0.25) is 4.79 Å². The van der Waals surface area contributed by atoms with E-state index in [4.69, 9.17) is 0 Å². The molecule has 0 atom stereocenters. The lowest BCUT2D eigenvalue weighted by Gasteiger charge is -2.33. The van der Waals surface area contributed by atoms with E-state index >= 15 is 0 Å². The molecule has 7 heteroatoms. The highest BCUT2D eigenvalue weighted by molar-refractivity contribution is 7.20. The van der Waals surface area contributed by atoms with Crippen LogP contribution < -0.4 is 4.90 Å². The number of aryl methyl sites for hydroxylation is 1. The molecule has 0 radical (unpaired) electrons. The number of carbonyl (C=O) groups excluding carboxylic acids is 1. The highest BCUT2D eigenvalue weighted by atomic mass is 32.1. The van der Waals surface area contributed by atoms with Gasteiger partial charge in [0.25, 0.3) is 5.91 Å². The van der Waals surface area contributed by atoms with Crippen molar-refractivity contribution in [3.8, 4) is 0 Å². The number of likely N-dealkylation sites (N-methyl/N-ethyl adjacent to an activating group) is 1. The van der Waals surface area contributed by atoms with Crippen molar-refractivity contribution in [1.29, 1.82) is 0 Å². The molecule has 0 unspecified atom stereocenters. The quantitative estimate of drug-likeness (QED) is 0.810. The molecule has 0 bridgehead atoms. The number of likely N-dealkylation sites (tertiary alicyclic amines) is 1. The van der Waals surface area contributed by atoms with Gasteiger partial charge < -0.3 is 14.7 Å². The summed E-state index contributed by atoms with van der Waals surface area (Å²) in [4.78, 5) is 30.6. The van der Waals surface area contributed by atoms with E-state index in [1.165, 1.54) is 11.3 Å². The van der Waals surface area contributed by atoms with Crippen LogP contribution >= 0.6 is 11.3 Å². The van der Waals surface area contributed by atoms with Gasteiger partial charge in [-0.05, 0) is 38.3 Å². The molecule has 2 aromatic rings. The third-order valence-electron chi connectivity index (χ3n) is 5.77. The Kier molecular flexibility index (Phi) is 4.84. The van der Waals surface area contributed by atoms with Crippen LogP contribution in [0.2, 0.25) is 0 Å². The Balaban J connectivity index is 1.66. The summed E-state index contributed by atoms with van der Waals surface area (Å²) in [5.41, 5.74) is 1.04. The highest BCUT2D eigenvalue weighted by Crippen LogP contribution is 2.36. The number of thiophene rings is 1. The molecule has 2 fully saturated rings. The van der Waals surface area contributed by atoms with E-state index in [1.807, 2.05) is 4.90 Å². The van der Waals surface area contributed by atoms with E-state index in [2.05, 4.69) is 40.7 Å². The Morgan fingerprint density at radius 2 is 1.81 bits per heavy atom. The van der Waals surface area contributed by atoms with Crippen molar-refractivity contribution in [3.05, 3.63) is 16.8 Å². The van der Waals surface area contributed by atoms with Crippen molar-refractivity contribution >= 4 is 33.3 Å². The van der Waals surface area contributed by atoms with Crippen LogP contribution in [0.25, 0.3) is 10.2 Å². The summed E-state index contributed by atoms with van der Waals surface area (Å²) in [6.45, 7) is 10.1. The summed E-state index contributed by atoms with van der Waals surface area (Å²) in [5.74, 6) is 1.88. The van der Waals surface area contributed by atoms with E-state index in [1.54, 1.807) is 6.33 Å². The zero-order valence-electron chi connectivity index (χ0n) is 15.9. The molecule has 2 aromatic heterocycles. The van der Waals surface area contributed by atoms with Crippen LogP contribution in [0.3, 0.4) is 0 Å². The number of carbonyl (C=O) groups is 1. The molecule has 0 saturated carbocycles. The minimum absolute atomic E-state index is 0.168. The predicted molar refractivity (Wildman–Crippen MR) is 106 cm³/mol. The number of aromatic nitrogens is 2. The Morgan fingerprint density at radius 3 is 2.50 bits per heavy atom. The van der Waals surface area contributed by atoms with Crippen LogP contribution in [-0.4, -0.2) is 72.0 Å². The number of rotatable bonds is 2. The lowest BCUT2D eigenvalue weighted by atomic mass is 9.99. The maximum absolute atomic E-state index is 13.1. The molecule has 2 aliphatic rings. The number of fused-ring (bicyclic) bond motifs is 1. The first-order valence-corrected chi connectivity index (χ1v) is 10.3. The molecule has 4 rings (SSSR count). The second kappa shape index (κ2) is 7.12. The highest BCUT2D eigenvalue weighted by Gasteiger charge is 2.27. The van der Waals surface area contributed by atoms with E-state index in [0.717, 1.165) is 84.5 Å². The molecule has 0 aromatic carbocycles. The molecule has 0 N–H and O–H groups in total. The topological polar surface area (TPSA) is 52.6 Å². The normalized spacial score (nSPS) is 20.1. The Morgan fingerprint density at radius 1 is 1.12 bits per heavy atom. The summed E-state index contributed by atoms with van der Waals surface area (Å²) in [7, 11) is 2.15. The molecule has 0 spiro atoms. The van der Waals surface area contributed by atoms with Crippen molar-refractivity contribution in [2.45, 2.75) is 26.7 Å². The van der Waals surface area contributed by atoms with Gasteiger partial charge in [0.15, 0.2) is 0 Å². The van der Waals surface area contributed by atoms with Crippen molar-refractivity contribution in [3.63, 3.8) is 0 Å². The number of hydrogen-bond acceptors (Lipinski definition) is 6. The lowest BCUT2D eigenvalue weighted by Crippen LogP contribution is -2.44. The molecule has 6 nitrogen and oxygen atoms in total. The van der Waals surface area contributed by atoms with Gasteiger partial charge in [-0.1, -0.05) is 6.92 Å². The van der Waals surface area contributed by atoms with E-state index < -0.39 is 0 Å². The Bertz CT molecular complexity index is 804. The van der Waals surface area contributed by atoms with E-state index in [9.17, 15) is 4.79 Å². The third-order valence-corrected chi connectivity index (χ3v) is 6.96. The number of piperazine rings is 1. The van der Waals surface area contributed by atoms with E-state index in [-0.39, 0.29) is 5.91 Å². The number of piperidine rings is 1. The van der Waals surface area contributed by atoms with Crippen LogP contribution in [0.5, 0.6) is 0 Å². The number of nitrogens with zero attached hydrogens (tertiary/aromatic N) is 5. The molecule has 4 heterocycles. The maximum Gasteiger partial charge on any atom is 0.264 e. The average molecular weight is 374 g/mol. The first kappa shape index (κ1) is 17.7. The largest absolute Gasteiger partial charge is 0.353 e. The van der Waals surface area contributed by atoms with Crippen LogP contribution in [-0.2, 0) is 0 Å². The molecule has 26 heavy (non-hydrogen) atoms. The fraction of sp³-hybridized carbons (Fsp3) is 0.632. The second-order valence-electron chi connectivity index (χ2n) is 7.70. The molecular weight excluding hydrogens is 346 g/mol. The average Bonchev–Trinajstić information content (AvgIpc) is 2.99. The van der Waals surface area contributed by atoms with Crippen molar-refractivity contribution < 1.29 is 4.79 Å². The minimum atomic E-state index is 0.168. The summed E-state index contributed by atoms with van der Waals surface area (Å²) in [6, 6.07) is 0. The van der Waals surface area contributed by atoms with Gasteiger partial charge in [-0.2, -0.15) is 0 Å². The molecule has 2 aliphatic heterocycles. The van der Waals surface area contributed by atoms with Gasteiger partial charge in [0.1, 0.15) is 17.0 Å². The molecule has 140 valence electrons. The second-order valence-corrected chi connectivity index (χ2v) is 8.70. The van der Waals surface area contributed by atoms with Gasteiger partial charge in [-0.15, -0.1) is 11.3 Å². The SMILES string of the molecule is Cc1c(C(=O)N2CCC(C)CC2)sc2ncnc(N3CCN(C)CC3)c12. The Hall–Kier alpha value is -1.73. The summed E-state index contributed by atoms with van der Waals surface area (Å²) in [6.07, 6.45) is 3.84. The lowest BCUT2D eigenvalue weighted by molar-refractivity contribution is 0.0701. The van der Waals surface area contributed by atoms with Gasteiger partial charge in [0.05, 0.1) is 10.3 Å². The zero-order chi connectivity index (χ0) is 18.3. The molecule has 0 aliphatic carbocycles. The fourth-order valence-electron chi connectivity index (χ4n) is 3.87. The maximum atomic E-state index is 13.1. The van der Waals surface area contributed by atoms with Crippen LogP contribution in [0.15, 0.2) is 6.33 Å². The van der Waals surface area contributed by atoms with Gasteiger partial charge in [0.2, 0.25) is 0 Å². The number of hydrogen-bond donors (Lipinski definition) is 0. The first-order chi connectivity index (χ1) is 12.5.